The summed E-state index contributed by atoms with van der Waals surface area (Å²) in [4.78, 5) is 8.61. The van der Waals surface area contributed by atoms with Gasteiger partial charge in [0, 0.05) is 51.3 Å². The molecule has 2 aliphatic heterocycles. The van der Waals surface area contributed by atoms with E-state index >= 15 is 0 Å². The van der Waals surface area contributed by atoms with E-state index < -0.39 is 0 Å². The number of anilines is 1. The number of hydrogen-bond donors (Lipinski definition) is 2. The van der Waals surface area contributed by atoms with Crippen molar-refractivity contribution in [1.29, 1.82) is 5.41 Å². The number of aromatic nitrogens is 1. The average Bonchev–Trinajstić information content (AvgIpc) is 2.77. The lowest BCUT2D eigenvalue weighted by molar-refractivity contribution is 0.222. The molecule has 0 spiro atoms. The van der Waals surface area contributed by atoms with Crippen molar-refractivity contribution in [1.82, 2.24) is 15.2 Å². The summed E-state index contributed by atoms with van der Waals surface area (Å²) in [6.07, 6.45) is 7.01. The first-order valence-corrected chi connectivity index (χ1v) is 10.1. The van der Waals surface area contributed by atoms with Crippen molar-refractivity contribution in [3.63, 3.8) is 0 Å². The van der Waals surface area contributed by atoms with Crippen LogP contribution >= 0.6 is 24.8 Å². The topological polar surface area (TPSA) is 64.5 Å². The second-order valence-corrected chi connectivity index (χ2v) is 7.65. The van der Waals surface area contributed by atoms with Gasteiger partial charge in [-0.1, -0.05) is 6.07 Å². The summed E-state index contributed by atoms with van der Waals surface area (Å²) in [5.74, 6) is 2.04. The summed E-state index contributed by atoms with van der Waals surface area (Å²) in [6.45, 7) is 4.59. The Morgan fingerprint density at radius 3 is 2.53 bits per heavy atom. The molecule has 6 nitrogen and oxygen atoms in total. The van der Waals surface area contributed by atoms with Crippen LogP contribution in [0.1, 0.15) is 24.0 Å². The predicted octanol–water partition coefficient (Wildman–Crippen LogP) is 3.73. The van der Waals surface area contributed by atoms with Crippen molar-refractivity contribution in [2.75, 3.05) is 38.2 Å². The minimum absolute atomic E-state index is 0. The Morgan fingerprint density at radius 1 is 1.10 bits per heavy atom. The molecule has 0 bridgehead atoms. The van der Waals surface area contributed by atoms with Crippen LogP contribution in [0.15, 0.2) is 42.7 Å². The highest BCUT2D eigenvalue weighted by atomic mass is 35.5. The van der Waals surface area contributed by atoms with Crippen LogP contribution in [0.3, 0.4) is 0 Å². The van der Waals surface area contributed by atoms with Gasteiger partial charge in [-0.05, 0) is 60.6 Å². The minimum atomic E-state index is 0. The third-order valence-electron chi connectivity index (χ3n) is 5.87. The highest BCUT2D eigenvalue weighted by molar-refractivity contribution is 5.85. The van der Waals surface area contributed by atoms with Gasteiger partial charge in [-0.2, -0.15) is 0 Å². The zero-order chi connectivity index (χ0) is 19.3. The lowest BCUT2D eigenvalue weighted by Gasteiger charge is -2.33. The molecule has 0 aliphatic carbocycles. The van der Waals surface area contributed by atoms with Gasteiger partial charge in [-0.15, -0.1) is 24.8 Å². The van der Waals surface area contributed by atoms with E-state index in [9.17, 15) is 0 Å². The quantitative estimate of drug-likeness (QED) is 0.547. The SMILES string of the molecule is CNC(=N)N1CCc2ccc(OCC3CCN(c4ccncc4)CC3)cc2C1.Cl.Cl. The van der Waals surface area contributed by atoms with Gasteiger partial charge in [-0.3, -0.25) is 10.4 Å². The summed E-state index contributed by atoms with van der Waals surface area (Å²) in [5.41, 5.74) is 3.91. The normalized spacial score (nSPS) is 16.0. The molecule has 0 unspecified atom stereocenters. The summed E-state index contributed by atoms with van der Waals surface area (Å²) in [5, 5.41) is 10.9. The fraction of sp³-hybridized carbons (Fsp3) is 0.455. The number of rotatable bonds is 4. The number of hydrogen-bond acceptors (Lipinski definition) is 4. The molecule has 164 valence electrons. The van der Waals surface area contributed by atoms with Crippen molar-refractivity contribution in [3.05, 3.63) is 53.9 Å². The summed E-state index contributed by atoms with van der Waals surface area (Å²) >= 11 is 0. The molecular weight excluding hydrogens is 421 g/mol. The molecular formula is C22H31Cl2N5O. The molecule has 2 aromatic rings. The Balaban J connectivity index is 0.00000160. The fourth-order valence-electron chi connectivity index (χ4n) is 4.10. The fourth-order valence-corrected chi connectivity index (χ4v) is 4.10. The van der Waals surface area contributed by atoms with Crippen molar-refractivity contribution >= 4 is 36.5 Å². The third kappa shape index (κ3) is 5.70. The highest BCUT2D eigenvalue weighted by Gasteiger charge is 2.21. The van der Waals surface area contributed by atoms with Crippen LogP contribution in [0.25, 0.3) is 0 Å². The van der Waals surface area contributed by atoms with Crippen LogP contribution in [0.4, 0.5) is 5.69 Å². The molecule has 30 heavy (non-hydrogen) atoms. The Bertz CT molecular complexity index is 812. The maximum absolute atomic E-state index is 8.00. The van der Waals surface area contributed by atoms with E-state index in [0.717, 1.165) is 57.8 Å². The number of pyridine rings is 1. The first-order valence-electron chi connectivity index (χ1n) is 10.1. The molecule has 3 heterocycles. The second-order valence-electron chi connectivity index (χ2n) is 7.65. The van der Waals surface area contributed by atoms with Crippen molar-refractivity contribution in [3.8, 4) is 5.75 Å². The standard InChI is InChI=1S/C22H29N5O.2ClH/c1-24-22(23)27-13-8-18-2-3-21(14-19(18)15-27)28-16-17-6-11-26(12-7-17)20-4-9-25-10-5-20;;/h2-5,9-10,14,17H,6-8,11-13,15-16H2,1H3,(H2,23,24);2*1H. The predicted molar refractivity (Wildman–Crippen MR) is 127 cm³/mol. The van der Waals surface area contributed by atoms with Crippen LogP contribution in [0.5, 0.6) is 5.75 Å². The van der Waals surface area contributed by atoms with Gasteiger partial charge in [0.2, 0.25) is 0 Å². The van der Waals surface area contributed by atoms with Crippen molar-refractivity contribution < 1.29 is 4.74 Å². The molecule has 4 rings (SSSR count). The largest absolute Gasteiger partial charge is 0.493 e. The first kappa shape index (κ1) is 24.1. The summed E-state index contributed by atoms with van der Waals surface area (Å²) < 4.78 is 6.16. The van der Waals surface area contributed by atoms with E-state index in [1.54, 1.807) is 7.05 Å². The zero-order valence-corrected chi connectivity index (χ0v) is 19.0. The molecule has 0 atom stereocenters. The number of halogens is 2. The van der Waals surface area contributed by atoms with Gasteiger partial charge in [-0.25, -0.2) is 0 Å². The second kappa shape index (κ2) is 11.3. The molecule has 0 amide bonds. The van der Waals surface area contributed by atoms with E-state index in [-0.39, 0.29) is 24.8 Å². The highest BCUT2D eigenvalue weighted by Crippen LogP contribution is 2.26. The van der Waals surface area contributed by atoms with Crippen LogP contribution in [-0.4, -0.2) is 49.1 Å². The molecule has 1 fully saturated rings. The van der Waals surface area contributed by atoms with Crippen LogP contribution in [-0.2, 0) is 13.0 Å². The minimum Gasteiger partial charge on any atom is -0.493 e. The van der Waals surface area contributed by atoms with Crippen LogP contribution in [0.2, 0.25) is 0 Å². The van der Waals surface area contributed by atoms with Gasteiger partial charge < -0.3 is 19.9 Å². The number of nitrogens with one attached hydrogen (secondary N) is 2. The van der Waals surface area contributed by atoms with Gasteiger partial charge in [0.25, 0.3) is 0 Å². The van der Waals surface area contributed by atoms with Gasteiger partial charge in [0.15, 0.2) is 5.96 Å². The molecule has 0 radical (unpaired) electrons. The monoisotopic (exact) mass is 451 g/mol. The summed E-state index contributed by atoms with van der Waals surface area (Å²) in [7, 11) is 1.80. The third-order valence-corrected chi connectivity index (χ3v) is 5.87. The number of fused-ring (bicyclic) bond motifs is 1. The molecule has 1 aromatic carbocycles. The summed E-state index contributed by atoms with van der Waals surface area (Å²) in [6, 6.07) is 10.6. The maximum Gasteiger partial charge on any atom is 0.191 e. The van der Waals surface area contributed by atoms with Gasteiger partial charge in [0.1, 0.15) is 5.75 Å². The average molecular weight is 452 g/mol. The number of benzene rings is 1. The van der Waals surface area contributed by atoms with Crippen LogP contribution in [0, 0.1) is 11.3 Å². The lowest BCUT2D eigenvalue weighted by atomic mass is 9.97. The van der Waals surface area contributed by atoms with E-state index in [1.807, 2.05) is 12.4 Å². The van der Waals surface area contributed by atoms with Gasteiger partial charge in [0.05, 0.1) is 6.61 Å². The molecule has 0 saturated carbocycles. The molecule has 8 heteroatoms. The molecule has 1 saturated heterocycles. The Morgan fingerprint density at radius 2 is 1.83 bits per heavy atom. The first-order chi connectivity index (χ1) is 13.7. The molecule has 2 aliphatic rings. The smallest absolute Gasteiger partial charge is 0.191 e. The zero-order valence-electron chi connectivity index (χ0n) is 17.3. The lowest BCUT2D eigenvalue weighted by Crippen LogP contribution is -2.41. The number of guanidine groups is 1. The van der Waals surface area contributed by atoms with Crippen LogP contribution < -0.4 is 15.0 Å². The molecule has 2 N–H and O–H groups in total. The number of ether oxygens (including phenoxy) is 1. The Kier molecular flexibility index (Phi) is 9.06. The van der Waals surface area contributed by atoms with E-state index in [2.05, 4.69) is 50.4 Å². The Labute approximate surface area is 191 Å². The van der Waals surface area contributed by atoms with Crippen molar-refractivity contribution in [2.24, 2.45) is 5.92 Å². The van der Waals surface area contributed by atoms with E-state index in [4.69, 9.17) is 10.1 Å². The van der Waals surface area contributed by atoms with E-state index in [1.165, 1.54) is 16.8 Å². The number of nitrogens with zero attached hydrogens (tertiary/aromatic N) is 3. The van der Waals surface area contributed by atoms with Gasteiger partial charge >= 0.3 is 0 Å². The van der Waals surface area contributed by atoms with E-state index in [0.29, 0.717) is 11.9 Å². The van der Waals surface area contributed by atoms with Crippen molar-refractivity contribution in [2.45, 2.75) is 25.8 Å². The number of piperidine rings is 1. The molecule has 1 aromatic heterocycles. The maximum atomic E-state index is 8.00. The Hall–Kier alpha value is -2.18.